The fraction of sp³-hybridized carbons (Fsp3) is 0.118. The molecule has 0 aliphatic heterocycles. The van der Waals surface area contributed by atoms with E-state index in [1.807, 2.05) is 0 Å². The molecule has 0 fully saturated rings. The van der Waals surface area contributed by atoms with Crippen LogP contribution in [0.3, 0.4) is 0 Å². The Kier molecular flexibility index (Phi) is 7.14. The van der Waals surface area contributed by atoms with E-state index >= 15 is 0 Å². The number of anilines is 6. The van der Waals surface area contributed by atoms with Gasteiger partial charge in [-0.1, -0.05) is 86.6 Å². The molecule has 178 valence electrons. The molecule has 0 aliphatic carbocycles. The Morgan fingerprint density at radius 1 is 0.444 bits per heavy atom. The van der Waals surface area contributed by atoms with Crippen LogP contribution in [-0.4, -0.2) is 0 Å². The average Bonchev–Trinajstić information content (AvgIpc) is 2.95. The molecule has 0 N–H and O–H groups in total. The quantitative estimate of drug-likeness (QED) is 0.223. The SMILES string of the molecule is CCC(C)c1ccc(N(c2ccccc2)c2cccc(N(c3ccccc3)c3ccccc3)c2)cc1. The zero-order valence-electron chi connectivity index (χ0n) is 21.0. The number of hydrogen-bond donors (Lipinski definition) is 0. The lowest BCUT2D eigenvalue weighted by Crippen LogP contribution is -2.13. The molecule has 1 atom stereocenters. The van der Waals surface area contributed by atoms with Crippen LogP contribution in [0, 0.1) is 0 Å². The highest BCUT2D eigenvalue weighted by molar-refractivity contribution is 5.82. The Bertz CT molecular complexity index is 1320. The standard InChI is InChI=1S/C34H32N2/c1-3-27(2)28-22-24-32(25-23-28)36(31-18-11-6-12-19-31)34-21-13-20-33(26-34)35(29-14-7-4-8-15-29)30-16-9-5-10-17-30/h4-27H,3H2,1-2H3. The summed E-state index contributed by atoms with van der Waals surface area (Å²) < 4.78 is 0. The molecule has 0 aromatic heterocycles. The summed E-state index contributed by atoms with van der Waals surface area (Å²) >= 11 is 0. The summed E-state index contributed by atoms with van der Waals surface area (Å²) in [7, 11) is 0. The summed E-state index contributed by atoms with van der Waals surface area (Å²) in [5, 5.41) is 0. The molecule has 0 heterocycles. The van der Waals surface area contributed by atoms with Crippen LogP contribution in [0.5, 0.6) is 0 Å². The van der Waals surface area contributed by atoms with Crippen molar-refractivity contribution in [3.63, 3.8) is 0 Å². The molecule has 2 heteroatoms. The number of benzene rings is 5. The van der Waals surface area contributed by atoms with Crippen LogP contribution in [0.4, 0.5) is 34.1 Å². The van der Waals surface area contributed by atoms with Gasteiger partial charge in [-0.3, -0.25) is 0 Å². The van der Waals surface area contributed by atoms with E-state index in [0.717, 1.165) is 40.5 Å². The first-order valence-electron chi connectivity index (χ1n) is 12.7. The monoisotopic (exact) mass is 468 g/mol. The fourth-order valence-corrected chi connectivity index (χ4v) is 4.58. The maximum Gasteiger partial charge on any atom is 0.0482 e. The molecule has 0 bridgehead atoms. The lowest BCUT2D eigenvalue weighted by atomic mass is 9.98. The molecule has 0 saturated carbocycles. The molecule has 0 amide bonds. The van der Waals surface area contributed by atoms with Crippen molar-refractivity contribution in [2.45, 2.75) is 26.2 Å². The zero-order valence-corrected chi connectivity index (χ0v) is 21.0. The average molecular weight is 469 g/mol. The van der Waals surface area contributed by atoms with Gasteiger partial charge < -0.3 is 9.80 Å². The number of rotatable bonds is 8. The summed E-state index contributed by atoms with van der Waals surface area (Å²) in [6.45, 7) is 4.53. The third kappa shape index (κ3) is 5.04. The predicted octanol–water partition coefficient (Wildman–Crippen LogP) is 10.1. The number of nitrogens with zero attached hydrogens (tertiary/aromatic N) is 2. The van der Waals surface area contributed by atoms with Crippen molar-refractivity contribution in [1.82, 2.24) is 0 Å². The third-order valence-electron chi connectivity index (χ3n) is 6.72. The number of hydrogen-bond acceptors (Lipinski definition) is 2. The first-order valence-corrected chi connectivity index (χ1v) is 12.7. The van der Waals surface area contributed by atoms with E-state index in [1.165, 1.54) is 5.56 Å². The minimum atomic E-state index is 0.554. The third-order valence-corrected chi connectivity index (χ3v) is 6.72. The second kappa shape index (κ2) is 11.0. The van der Waals surface area contributed by atoms with Crippen LogP contribution in [0.25, 0.3) is 0 Å². The Balaban J connectivity index is 1.61. The molecule has 36 heavy (non-hydrogen) atoms. The van der Waals surface area contributed by atoms with Crippen LogP contribution >= 0.6 is 0 Å². The fourth-order valence-electron chi connectivity index (χ4n) is 4.58. The molecule has 2 nitrogen and oxygen atoms in total. The molecule has 5 rings (SSSR count). The van der Waals surface area contributed by atoms with Gasteiger partial charge in [0.25, 0.3) is 0 Å². The van der Waals surface area contributed by atoms with Gasteiger partial charge in [-0.15, -0.1) is 0 Å². The minimum Gasteiger partial charge on any atom is -0.310 e. The van der Waals surface area contributed by atoms with Crippen LogP contribution in [0.15, 0.2) is 140 Å². The molecule has 0 saturated heterocycles. The largest absolute Gasteiger partial charge is 0.310 e. The summed E-state index contributed by atoms with van der Waals surface area (Å²) in [6.07, 6.45) is 1.14. The van der Waals surface area contributed by atoms with Crippen LogP contribution in [0.1, 0.15) is 31.7 Å². The van der Waals surface area contributed by atoms with E-state index in [1.54, 1.807) is 0 Å². The highest BCUT2D eigenvalue weighted by atomic mass is 15.2. The molecule has 0 spiro atoms. The second-order valence-electron chi connectivity index (χ2n) is 9.10. The summed E-state index contributed by atoms with van der Waals surface area (Å²) in [5.41, 5.74) is 8.15. The van der Waals surface area contributed by atoms with Gasteiger partial charge in [0, 0.05) is 34.1 Å². The molecular weight excluding hydrogens is 436 g/mol. The normalized spacial score (nSPS) is 11.6. The van der Waals surface area contributed by atoms with Crippen molar-refractivity contribution in [2.24, 2.45) is 0 Å². The van der Waals surface area contributed by atoms with E-state index < -0.39 is 0 Å². The van der Waals surface area contributed by atoms with Crippen molar-refractivity contribution in [2.75, 3.05) is 9.80 Å². The van der Waals surface area contributed by atoms with Crippen molar-refractivity contribution in [1.29, 1.82) is 0 Å². The van der Waals surface area contributed by atoms with Crippen molar-refractivity contribution in [3.8, 4) is 0 Å². The van der Waals surface area contributed by atoms with Crippen molar-refractivity contribution in [3.05, 3.63) is 145 Å². The summed E-state index contributed by atoms with van der Waals surface area (Å²) in [6, 6.07) is 49.5. The van der Waals surface area contributed by atoms with Crippen LogP contribution in [-0.2, 0) is 0 Å². The van der Waals surface area contributed by atoms with Gasteiger partial charge in [0.2, 0.25) is 0 Å². The Hall–Kier alpha value is -4.30. The van der Waals surface area contributed by atoms with E-state index in [4.69, 9.17) is 0 Å². The Morgan fingerprint density at radius 3 is 1.19 bits per heavy atom. The maximum absolute atomic E-state index is 2.33. The van der Waals surface area contributed by atoms with Gasteiger partial charge in [-0.2, -0.15) is 0 Å². The number of para-hydroxylation sites is 3. The van der Waals surface area contributed by atoms with Gasteiger partial charge in [-0.25, -0.2) is 0 Å². The van der Waals surface area contributed by atoms with E-state index in [2.05, 4.69) is 163 Å². The highest BCUT2D eigenvalue weighted by Gasteiger charge is 2.17. The summed E-state index contributed by atoms with van der Waals surface area (Å²) in [4.78, 5) is 4.64. The van der Waals surface area contributed by atoms with E-state index in [9.17, 15) is 0 Å². The second-order valence-corrected chi connectivity index (χ2v) is 9.10. The van der Waals surface area contributed by atoms with Crippen LogP contribution in [0.2, 0.25) is 0 Å². The van der Waals surface area contributed by atoms with Crippen molar-refractivity contribution >= 4 is 34.1 Å². The Labute approximate surface area is 215 Å². The first-order chi connectivity index (χ1) is 17.7. The maximum atomic E-state index is 2.33. The van der Waals surface area contributed by atoms with Crippen molar-refractivity contribution < 1.29 is 0 Å². The van der Waals surface area contributed by atoms with Crippen LogP contribution < -0.4 is 9.80 Å². The molecule has 0 radical (unpaired) electrons. The summed E-state index contributed by atoms with van der Waals surface area (Å²) in [5.74, 6) is 0.554. The molecule has 0 aliphatic rings. The zero-order chi connectivity index (χ0) is 24.7. The van der Waals surface area contributed by atoms with Gasteiger partial charge in [0.1, 0.15) is 0 Å². The van der Waals surface area contributed by atoms with E-state index in [0.29, 0.717) is 5.92 Å². The van der Waals surface area contributed by atoms with Gasteiger partial charge in [-0.05, 0) is 84.6 Å². The predicted molar refractivity (Wildman–Crippen MR) is 155 cm³/mol. The topological polar surface area (TPSA) is 6.48 Å². The minimum absolute atomic E-state index is 0.554. The first kappa shape index (κ1) is 23.4. The lowest BCUT2D eigenvalue weighted by molar-refractivity contribution is 0.733. The smallest absolute Gasteiger partial charge is 0.0482 e. The molecular formula is C34H32N2. The van der Waals surface area contributed by atoms with Gasteiger partial charge >= 0.3 is 0 Å². The van der Waals surface area contributed by atoms with Gasteiger partial charge in [0.15, 0.2) is 0 Å². The molecule has 5 aromatic rings. The molecule has 1 unspecified atom stereocenters. The van der Waals surface area contributed by atoms with E-state index in [-0.39, 0.29) is 0 Å². The van der Waals surface area contributed by atoms with Gasteiger partial charge in [0.05, 0.1) is 0 Å². The molecule has 5 aromatic carbocycles. The lowest BCUT2D eigenvalue weighted by Gasteiger charge is -2.29. The highest BCUT2D eigenvalue weighted by Crippen LogP contribution is 2.40. The Morgan fingerprint density at radius 2 is 0.806 bits per heavy atom.